The number of alkyl halides is 3. The van der Waals surface area contributed by atoms with Gasteiger partial charge in [0.1, 0.15) is 10.7 Å². The first-order valence-electron chi connectivity index (χ1n) is 3.59. The Bertz CT molecular complexity index is 400. The van der Waals surface area contributed by atoms with Crippen LogP contribution in [0.25, 0.3) is 0 Å². The first kappa shape index (κ1) is 11.8. The van der Waals surface area contributed by atoms with Crippen molar-refractivity contribution < 1.29 is 18.0 Å². The van der Waals surface area contributed by atoms with Crippen molar-refractivity contribution in [2.24, 2.45) is 12.9 Å². The van der Waals surface area contributed by atoms with Gasteiger partial charge < -0.3 is 0 Å². The molecule has 1 heterocycles. The lowest BCUT2D eigenvalue weighted by Gasteiger charge is -2.01. The fraction of sp³-hybridized carbons (Fsp3) is 0.333. The number of aromatic nitrogens is 2. The molecule has 0 bridgehead atoms. The van der Waals surface area contributed by atoms with Gasteiger partial charge in [-0.25, -0.2) is 5.84 Å². The van der Waals surface area contributed by atoms with Crippen molar-refractivity contribution in [2.75, 3.05) is 0 Å². The number of halogens is 4. The summed E-state index contributed by atoms with van der Waals surface area (Å²) in [6.45, 7) is 0. The summed E-state index contributed by atoms with van der Waals surface area (Å²) in [5.41, 5.74) is -0.0769. The molecule has 0 aliphatic carbocycles. The zero-order valence-electron chi connectivity index (χ0n) is 7.39. The van der Waals surface area contributed by atoms with Crippen LogP contribution in [0.5, 0.6) is 0 Å². The lowest BCUT2D eigenvalue weighted by Crippen LogP contribution is -2.31. The number of carbonyl (C=O) groups excluding carboxylic acids is 1. The van der Waals surface area contributed by atoms with Crippen LogP contribution in [0.4, 0.5) is 13.2 Å². The zero-order valence-corrected chi connectivity index (χ0v) is 8.15. The Morgan fingerprint density at radius 3 is 2.47 bits per heavy atom. The summed E-state index contributed by atoms with van der Waals surface area (Å²) in [4.78, 5) is 11.0. The van der Waals surface area contributed by atoms with Gasteiger partial charge in [0, 0.05) is 7.05 Å². The number of nitrogens with zero attached hydrogens (tertiary/aromatic N) is 2. The van der Waals surface area contributed by atoms with Crippen molar-refractivity contribution in [3.63, 3.8) is 0 Å². The molecule has 0 aliphatic rings. The van der Waals surface area contributed by atoms with Crippen LogP contribution in [-0.2, 0) is 13.2 Å². The van der Waals surface area contributed by atoms with Gasteiger partial charge in [-0.1, -0.05) is 11.6 Å². The molecule has 3 N–H and O–H groups in total. The highest BCUT2D eigenvalue weighted by Crippen LogP contribution is 2.35. The van der Waals surface area contributed by atoms with Crippen molar-refractivity contribution in [1.29, 1.82) is 0 Å². The first-order valence-corrected chi connectivity index (χ1v) is 3.97. The van der Waals surface area contributed by atoms with E-state index in [0.717, 1.165) is 7.05 Å². The smallest absolute Gasteiger partial charge is 0.289 e. The molecule has 1 aromatic rings. The van der Waals surface area contributed by atoms with Crippen LogP contribution in [0.1, 0.15) is 16.2 Å². The SMILES string of the molecule is Cn1nc(C(F)(F)F)c(Cl)c1C(=O)NN. The van der Waals surface area contributed by atoms with Gasteiger partial charge >= 0.3 is 6.18 Å². The highest BCUT2D eigenvalue weighted by atomic mass is 35.5. The first-order chi connectivity index (χ1) is 6.79. The molecule has 0 atom stereocenters. The van der Waals surface area contributed by atoms with Gasteiger partial charge in [0.05, 0.1) is 0 Å². The second-order valence-electron chi connectivity index (χ2n) is 2.61. The third-order valence-electron chi connectivity index (χ3n) is 1.60. The van der Waals surface area contributed by atoms with E-state index in [4.69, 9.17) is 17.4 Å². The maximum Gasteiger partial charge on any atom is 0.436 e. The van der Waals surface area contributed by atoms with Crippen molar-refractivity contribution in [1.82, 2.24) is 15.2 Å². The summed E-state index contributed by atoms with van der Waals surface area (Å²) < 4.78 is 37.6. The number of hydrogen-bond acceptors (Lipinski definition) is 3. The summed E-state index contributed by atoms with van der Waals surface area (Å²) in [5, 5.41) is 2.32. The molecule has 1 aromatic heterocycles. The summed E-state index contributed by atoms with van der Waals surface area (Å²) in [7, 11) is 1.16. The Balaban J connectivity index is 3.33. The van der Waals surface area contributed by atoms with Crippen LogP contribution in [0.2, 0.25) is 5.02 Å². The third kappa shape index (κ3) is 2.05. The predicted molar refractivity (Wildman–Crippen MR) is 44.9 cm³/mol. The van der Waals surface area contributed by atoms with Crippen molar-refractivity contribution in [3.8, 4) is 0 Å². The number of aryl methyl sites for hydroxylation is 1. The normalized spacial score (nSPS) is 11.6. The van der Waals surface area contributed by atoms with E-state index < -0.39 is 28.5 Å². The molecule has 0 spiro atoms. The summed E-state index contributed by atoms with van der Waals surface area (Å²) in [5.74, 6) is 3.84. The molecular formula is C6H6ClF3N4O. The van der Waals surface area contributed by atoms with E-state index in [0.29, 0.717) is 4.68 Å². The van der Waals surface area contributed by atoms with E-state index >= 15 is 0 Å². The number of amides is 1. The maximum absolute atomic E-state index is 12.3. The highest BCUT2D eigenvalue weighted by molar-refractivity contribution is 6.34. The van der Waals surface area contributed by atoms with Gasteiger partial charge in [0.25, 0.3) is 5.91 Å². The Hall–Kier alpha value is -1.28. The number of rotatable bonds is 1. The molecule has 0 unspecified atom stereocenters. The van der Waals surface area contributed by atoms with E-state index in [1.807, 2.05) is 0 Å². The number of carbonyl (C=O) groups is 1. The maximum atomic E-state index is 12.3. The zero-order chi connectivity index (χ0) is 11.8. The summed E-state index contributed by atoms with van der Waals surface area (Å²) >= 11 is 5.37. The Morgan fingerprint density at radius 1 is 1.60 bits per heavy atom. The van der Waals surface area contributed by atoms with Gasteiger partial charge in [-0.15, -0.1) is 0 Å². The second-order valence-corrected chi connectivity index (χ2v) is 2.98. The van der Waals surface area contributed by atoms with E-state index in [-0.39, 0.29) is 0 Å². The number of nitrogen functional groups attached to an aromatic ring is 1. The van der Waals surface area contributed by atoms with Crippen LogP contribution in [0, 0.1) is 0 Å². The molecule has 9 heteroatoms. The summed E-state index contributed by atoms with van der Waals surface area (Å²) in [6, 6.07) is 0. The Kier molecular flexibility index (Phi) is 2.91. The molecule has 1 rings (SSSR count). The van der Waals surface area contributed by atoms with E-state index in [2.05, 4.69) is 5.10 Å². The fourth-order valence-electron chi connectivity index (χ4n) is 0.994. The molecule has 0 fully saturated rings. The molecule has 0 radical (unpaired) electrons. The minimum atomic E-state index is -4.71. The molecule has 0 saturated carbocycles. The third-order valence-corrected chi connectivity index (χ3v) is 1.96. The lowest BCUT2D eigenvalue weighted by molar-refractivity contribution is -0.141. The number of hydrazine groups is 1. The molecular weight excluding hydrogens is 237 g/mol. The minimum absolute atomic E-state index is 0.438. The molecule has 15 heavy (non-hydrogen) atoms. The number of nitrogens with one attached hydrogen (secondary N) is 1. The van der Waals surface area contributed by atoms with Gasteiger partial charge in [0.15, 0.2) is 5.69 Å². The van der Waals surface area contributed by atoms with Gasteiger partial charge in [-0.05, 0) is 0 Å². The monoisotopic (exact) mass is 242 g/mol. The molecule has 0 aliphatic heterocycles. The standard InChI is InChI=1S/C6H6ClF3N4O/c1-14-3(5(15)12-11)2(7)4(13-14)6(8,9)10/h11H2,1H3,(H,12,15). The van der Waals surface area contributed by atoms with E-state index in [1.54, 1.807) is 5.43 Å². The molecule has 1 amide bonds. The topological polar surface area (TPSA) is 72.9 Å². The van der Waals surface area contributed by atoms with Crippen LogP contribution >= 0.6 is 11.6 Å². The summed E-state index contributed by atoms with van der Waals surface area (Å²) in [6.07, 6.45) is -4.71. The van der Waals surface area contributed by atoms with Crippen molar-refractivity contribution >= 4 is 17.5 Å². The predicted octanol–water partition coefficient (Wildman–Crippen LogP) is 0.696. The van der Waals surface area contributed by atoms with Crippen molar-refractivity contribution in [2.45, 2.75) is 6.18 Å². The Labute approximate surface area is 87.0 Å². The van der Waals surface area contributed by atoms with Gasteiger partial charge in [-0.3, -0.25) is 14.9 Å². The average molecular weight is 243 g/mol. The number of nitrogens with two attached hydrogens (primary N) is 1. The molecule has 5 nitrogen and oxygen atoms in total. The van der Waals surface area contributed by atoms with E-state index in [1.165, 1.54) is 0 Å². The quantitative estimate of drug-likeness (QED) is 0.432. The highest BCUT2D eigenvalue weighted by Gasteiger charge is 2.39. The molecule has 0 aromatic carbocycles. The molecule has 84 valence electrons. The van der Waals surface area contributed by atoms with Crippen LogP contribution < -0.4 is 11.3 Å². The van der Waals surface area contributed by atoms with Crippen LogP contribution in [0.3, 0.4) is 0 Å². The average Bonchev–Trinajstić information content (AvgIpc) is 2.40. The van der Waals surface area contributed by atoms with Crippen LogP contribution in [0.15, 0.2) is 0 Å². The number of hydrogen-bond donors (Lipinski definition) is 2. The van der Waals surface area contributed by atoms with Crippen LogP contribution in [-0.4, -0.2) is 15.7 Å². The van der Waals surface area contributed by atoms with Gasteiger partial charge in [0.2, 0.25) is 0 Å². The van der Waals surface area contributed by atoms with E-state index in [9.17, 15) is 18.0 Å². The molecule has 0 saturated heterocycles. The van der Waals surface area contributed by atoms with Gasteiger partial charge in [-0.2, -0.15) is 18.3 Å². The Morgan fingerprint density at radius 2 is 2.13 bits per heavy atom. The van der Waals surface area contributed by atoms with Crippen molar-refractivity contribution in [3.05, 3.63) is 16.4 Å². The largest absolute Gasteiger partial charge is 0.436 e. The fourth-order valence-corrected chi connectivity index (χ4v) is 1.35. The lowest BCUT2D eigenvalue weighted by atomic mass is 10.3. The minimum Gasteiger partial charge on any atom is -0.289 e. The second kappa shape index (κ2) is 3.70.